The van der Waals surface area contributed by atoms with Crippen molar-refractivity contribution >= 4 is 0 Å². The first-order chi connectivity index (χ1) is 14.3. The highest BCUT2D eigenvalue weighted by atomic mass is 35.5. The first kappa shape index (κ1) is 24.9. The summed E-state index contributed by atoms with van der Waals surface area (Å²) >= 11 is 0. The van der Waals surface area contributed by atoms with E-state index >= 15 is 0 Å². The van der Waals surface area contributed by atoms with E-state index in [4.69, 9.17) is 9.47 Å². The number of aromatic nitrogens is 4. The second-order valence-corrected chi connectivity index (χ2v) is 7.12. The van der Waals surface area contributed by atoms with Gasteiger partial charge >= 0.3 is 6.01 Å². The number of nitrogens with zero attached hydrogens (tertiary/aromatic N) is 4. The number of nitrogens with one attached hydrogen (secondary N) is 2. The summed E-state index contributed by atoms with van der Waals surface area (Å²) in [5, 5.41) is 18.7. The minimum Gasteiger partial charge on any atom is -1.00 e. The molecule has 10 heteroatoms. The topological polar surface area (TPSA) is 86.1 Å². The zero-order chi connectivity index (χ0) is 19.9. The molecule has 0 aliphatic carbocycles. The third kappa shape index (κ3) is 6.54. The largest absolute Gasteiger partial charge is 1.00 e. The molecule has 0 atom stereocenters. The number of hydrogen-bond donors (Lipinski definition) is 2. The molecule has 0 saturated carbocycles. The van der Waals surface area contributed by atoms with Gasteiger partial charge in [0.2, 0.25) is 0 Å². The predicted octanol–water partition coefficient (Wildman–Crippen LogP) is -3.44. The van der Waals surface area contributed by atoms with Crippen molar-refractivity contribution in [3.63, 3.8) is 0 Å². The lowest BCUT2D eigenvalue weighted by atomic mass is 9.98. The lowest BCUT2D eigenvalue weighted by Crippen LogP contribution is -3.00. The van der Waals surface area contributed by atoms with E-state index in [9.17, 15) is 0 Å². The first-order valence-corrected chi connectivity index (χ1v) is 9.93. The highest BCUT2D eigenvalue weighted by Crippen LogP contribution is 2.32. The Bertz CT molecular complexity index is 919. The molecule has 0 bridgehead atoms. The summed E-state index contributed by atoms with van der Waals surface area (Å²) in [6, 6.07) is 15.8. The molecule has 2 aromatic carbocycles. The van der Waals surface area contributed by atoms with E-state index in [0.717, 1.165) is 43.3 Å². The summed E-state index contributed by atoms with van der Waals surface area (Å²) < 4.78 is 13.0. The van der Waals surface area contributed by atoms with Crippen molar-refractivity contribution in [3.8, 4) is 23.2 Å². The van der Waals surface area contributed by atoms with E-state index < -0.39 is 0 Å². The fraction of sp³-hybridized carbons (Fsp3) is 0.381. The van der Waals surface area contributed by atoms with Crippen molar-refractivity contribution in [2.45, 2.75) is 19.4 Å². The smallest absolute Gasteiger partial charge is 0.346 e. The van der Waals surface area contributed by atoms with Crippen LogP contribution in [0.2, 0.25) is 0 Å². The Morgan fingerprint density at radius 2 is 1.84 bits per heavy atom. The zero-order valence-electron chi connectivity index (χ0n) is 17.3. The van der Waals surface area contributed by atoms with Crippen LogP contribution in [0, 0.1) is 5.92 Å². The Hall–Kier alpha value is -2.39. The van der Waals surface area contributed by atoms with E-state index in [1.165, 1.54) is 12.8 Å². The van der Waals surface area contributed by atoms with E-state index in [-0.39, 0.29) is 30.8 Å². The van der Waals surface area contributed by atoms with Crippen LogP contribution in [0.15, 0.2) is 48.5 Å². The van der Waals surface area contributed by atoms with Crippen LogP contribution in [0.25, 0.3) is 5.69 Å². The van der Waals surface area contributed by atoms with E-state index in [1.54, 1.807) is 11.8 Å². The molecule has 1 saturated heterocycles. The Morgan fingerprint density at radius 1 is 1.06 bits per heavy atom. The number of ether oxygens (including phenoxy) is 2. The summed E-state index contributed by atoms with van der Waals surface area (Å²) in [5.41, 5.74) is 1.97. The first-order valence-electron chi connectivity index (χ1n) is 9.93. The Balaban J connectivity index is 0.00000171. The Morgan fingerprint density at radius 3 is 2.58 bits per heavy atom. The number of benzene rings is 2. The van der Waals surface area contributed by atoms with Gasteiger partial charge in [0.05, 0.1) is 12.8 Å². The maximum atomic E-state index is 5.96. The molecule has 31 heavy (non-hydrogen) atoms. The predicted molar refractivity (Wildman–Crippen MR) is 110 cm³/mol. The molecule has 1 fully saturated rings. The molecule has 3 aromatic rings. The second kappa shape index (κ2) is 12.5. The minimum absolute atomic E-state index is 0. The van der Waals surface area contributed by atoms with Gasteiger partial charge in [-0.25, -0.2) is 0 Å². The lowest BCUT2D eigenvalue weighted by Gasteiger charge is -2.22. The van der Waals surface area contributed by atoms with Gasteiger partial charge in [-0.3, -0.25) is 0 Å². The van der Waals surface area contributed by atoms with Crippen molar-refractivity contribution in [1.29, 1.82) is 0 Å². The van der Waals surface area contributed by atoms with Crippen LogP contribution in [0.3, 0.4) is 0 Å². The van der Waals surface area contributed by atoms with Gasteiger partial charge in [0.15, 0.2) is 11.5 Å². The van der Waals surface area contributed by atoms with Crippen LogP contribution in [0.4, 0.5) is 0 Å². The molecule has 8 nitrogen and oxygen atoms in total. The fourth-order valence-electron chi connectivity index (χ4n) is 3.48. The van der Waals surface area contributed by atoms with Crippen molar-refractivity contribution in [1.82, 2.24) is 30.8 Å². The molecule has 0 amide bonds. The van der Waals surface area contributed by atoms with Gasteiger partial charge in [0.1, 0.15) is 0 Å². The SMILES string of the molecule is COc1cc(CNCC2CCNCC2)ccc1Oc1nnnn1-c1ccccc1.[Cl-].[Cl-]. The lowest BCUT2D eigenvalue weighted by molar-refractivity contribution is -0.00100. The van der Waals surface area contributed by atoms with Gasteiger partial charge in [-0.2, -0.15) is 4.68 Å². The average Bonchev–Trinajstić information content (AvgIpc) is 3.24. The maximum absolute atomic E-state index is 5.96. The summed E-state index contributed by atoms with van der Waals surface area (Å²) in [4.78, 5) is 0. The molecule has 0 unspecified atom stereocenters. The second-order valence-electron chi connectivity index (χ2n) is 7.12. The monoisotopic (exact) mass is 464 g/mol. The molecule has 1 aliphatic heterocycles. The number of tetrazole rings is 1. The van der Waals surface area contributed by atoms with Gasteiger partial charge in [0.25, 0.3) is 0 Å². The highest BCUT2D eigenvalue weighted by molar-refractivity contribution is 5.44. The Kier molecular flexibility index (Phi) is 10.00. The van der Waals surface area contributed by atoms with Gasteiger partial charge < -0.3 is 44.9 Å². The normalized spacial score (nSPS) is 13.7. The van der Waals surface area contributed by atoms with Crippen molar-refractivity contribution in [2.75, 3.05) is 26.7 Å². The summed E-state index contributed by atoms with van der Waals surface area (Å²) in [6.45, 7) is 4.07. The van der Waals surface area contributed by atoms with Gasteiger partial charge in [0, 0.05) is 6.54 Å². The number of methoxy groups -OCH3 is 1. The maximum Gasteiger partial charge on any atom is 0.346 e. The standard InChI is InChI=1S/C21H26N6O2.2ClH/c1-28-20-13-17(15-23-14-16-9-11-22-12-10-16)7-8-19(20)29-21-24-25-26-27(21)18-5-3-2-4-6-18;;/h2-8,13,16,22-23H,9-12,14-15H2,1H3;2*1H/p-2. The van der Waals surface area contributed by atoms with Gasteiger partial charge in [-0.05, 0) is 78.6 Å². The zero-order valence-corrected chi connectivity index (χ0v) is 18.8. The van der Waals surface area contributed by atoms with Crippen LogP contribution in [-0.2, 0) is 6.54 Å². The fourth-order valence-corrected chi connectivity index (χ4v) is 3.48. The molecule has 2 N–H and O–H groups in total. The van der Waals surface area contributed by atoms with Crippen LogP contribution < -0.4 is 44.9 Å². The number of hydrogen-bond acceptors (Lipinski definition) is 7. The summed E-state index contributed by atoms with van der Waals surface area (Å²) in [5.74, 6) is 1.97. The molecule has 1 aliphatic rings. The minimum atomic E-state index is 0. The molecule has 2 heterocycles. The number of halogens is 2. The summed E-state index contributed by atoms with van der Waals surface area (Å²) in [7, 11) is 1.63. The quantitative estimate of drug-likeness (QED) is 0.358. The van der Waals surface area contributed by atoms with Crippen LogP contribution >= 0.6 is 0 Å². The molecule has 1 aromatic heterocycles. The molecule has 168 valence electrons. The molecule has 0 spiro atoms. The molecule has 0 radical (unpaired) electrons. The van der Waals surface area contributed by atoms with Crippen molar-refractivity contribution in [3.05, 3.63) is 54.1 Å². The van der Waals surface area contributed by atoms with E-state index in [2.05, 4.69) is 26.2 Å². The Labute approximate surface area is 194 Å². The van der Waals surface area contributed by atoms with Gasteiger partial charge in [-0.1, -0.05) is 29.4 Å². The third-order valence-electron chi connectivity index (χ3n) is 5.09. The average molecular weight is 465 g/mol. The number of rotatable bonds is 8. The van der Waals surface area contributed by atoms with Crippen molar-refractivity contribution in [2.24, 2.45) is 5.92 Å². The molecule has 4 rings (SSSR count). The third-order valence-corrected chi connectivity index (χ3v) is 5.09. The number of piperidine rings is 1. The number of para-hydroxylation sites is 1. The molecular formula is C21H26Cl2N6O2-2. The summed E-state index contributed by atoms with van der Waals surface area (Å²) in [6.07, 6.45) is 2.47. The van der Waals surface area contributed by atoms with Crippen LogP contribution in [-0.4, -0.2) is 47.0 Å². The van der Waals surface area contributed by atoms with Crippen molar-refractivity contribution < 1.29 is 34.3 Å². The van der Waals surface area contributed by atoms with Crippen LogP contribution in [0.5, 0.6) is 17.5 Å². The highest BCUT2D eigenvalue weighted by Gasteiger charge is 2.15. The van der Waals surface area contributed by atoms with E-state index in [0.29, 0.717) is 11.5 Å². The van der Waals surface area contributed by atoms with Gasteiger partial charge in [-0.15, -0.1) is 0 Å². The molecular weight excluding hydrogens is 439 g/mol. The van der Waals surface area contributed by atoms with Crippen LogP contribution in [0.1, 0.15) is 18.4 Å². The van der Waals surface area contributed by atoms with E-state index in [1.807, 2.05) is 48.5 Å².